The monoisotopic (exact) mass is 355 g/mol. The molecule has 3 aliphatic heterocycles. The molecule has 1 fully saturated rings. The van der Waals surface area contributed by atoms with Crippen LogP contribution >= 0.6 is 0 Å². The molecule has 0 spiro atoms. The number of benzene rings is 1. The molecular weight excluding hydrogens is 330 g/mol. The van der Waals surface area contributed by atoms with Crippen molar-refractivity contribution in [3.63, 3.8) is 0 Å². The van der Waals surface area contributed by atoms with Gasteiger partial charge in [0, 0.05) is 43.9 Å². The van der Waals surface area contributed by atoms with Gasteiger partial charge in [-0.3, -0.25) is 9.58 Å². The van der Waals surface area contributed by atoms with Crippen molar-refractivity contribution < 1.29 is 9.84 Å². The Kier molecular flexibility index (Phi) is 3.88. The second kappa shape index (κ2) is 6.26. The first-order valence-electron chi connectivity index (χ1n) is 9.43. The number of nitrogens with zero attached hydrogens (tertiary/aromatic N) is 4. The molecule has 1 aromatic heterocycles. The van der Waals surface area contributed by atoms with Crippen molar-refractivity contribution in [2.75, 3.05) is 43.1 Å². The van der Waals surface area contributed by atoms with Gasteiger partial charge >= 0.3 is 0 Å². The molecule has 1 saturated heterocycles. The summed E-state index contributed by atoms with van der Waals surface area (Å²) in [5.41, 5.74) is 4.88. The summed E-state index contributed by atoms with van der Waals surface area (Å²) in [5, 5.41) is 18.6. The molecule has 2 aromatic rings. The lowest BCUT2D eigenvalue weighted by molar-refractivity contribution is -0.0313. The van der Waals surface area contributed by atoms with E-state index in [0.717, 1.165) is 57.3 Å². The van der Waals surface area contributed by atoms with Crippen LogP contribution in [0.1, 0.15) is 24.2 Å². The highest BCUT2D eigenvalue weighted by Gasteiger charge is 2.34. The lowest BCUT2D eigenvalue weighted by Crippen LogP contribution is -2.39. The molecule has 2 N–H and O–H groups in total. The lowest BCUT2D eigenvalue weighted by Gasteiger charge is -2.34. The van der Waals surface area contributed by atoms with Crippen molar-refractivity contribution in [1.82, 2.24) is 14.7 Å². The number of fused-ring (bicyclic) bond motifs is 2. The first kappa shape index (κ1) is 16.1. The molecule has 1 atom stereocenters. The molecule has 4 heterocycles. The third-order valence-corrected chi connectivity index (χ3v) is 5.69. The highest BCUT2D eigenvalue weighted by molar-refractivity contribution is 5.78. The molecule has 138 valence electrons. The third-order valence-electron chi connectivity index (χ3n) is 5.69. The number of para-hydroxylation sites is 2. The van der Waals surface area contributed by atoms with Gasteiger partial charge in [0.15, 0.2) is 5.82 Å². The van der Waals surface area contributed by atoms with E-state index in [1.165, 1.54) is 16.9 Å². The van der Waals surface area contributed by atoms with Crippen molar-refractivity contribution in [3.05, 3.63) is 35.5 Å². The van der Waals surface area contributed by atoms with Crippen LogP contribution in [0, 0.1) is 0 Å². The Morgan fingerprint density at radius 1 is 1.27 bits per heavy atom. The Labute approximate surface area is 153 Å². The van der Waals surface area contributed by atoms with Crippen molar-refractivity contribution >= 4 is 17.2 Å². The zero-order valence-corrected chi connectivity index (χ0v) is 15.1. The number of hydrogen-bond donors (Lipinski definition) is 2. The van der Waals surface area contributed by atoms with E-state index in [1.54, 1.807) is 0 Å². The van der Waals surface area contributed by atoms with Gasteiger partial charge < -0.3 is 20.1 Å². The van der Waals surface area contributed by atoms with Crippen LogP contribution in [0.2, 0.25) is 0 Å². The molecule has 7 heteroatoms. The van der Waals surface area contributed by atoms with Crippen LogP contribution < -0.4 is 10.2 Å². The Morgan fingerprint density at radius 2 is 2.12 bits per heavy atom. The van der Waals surface area contributed by atoms with E-state index >= 15 is 0 Å². The number of aliphatic hydroxyl groups excluding tert-OH is 1. The van der Waals surface area contributed by atoms with E-state index in [2.05, 4.69) is 44.1 Å². The van der Waals surface area contributed by atoms with Gasteiger partial charge in [-0.2, -0.15) is 5.10 Å². The zero-order chi connectivity index (χ0) is 17.7. The summed E-state index contributed by atoms with van der Waals surface area (Å²) in [5.74, 6) is 1.03. The second-order valence-electron chi connectivity index (χ2n) is 7.33. The molecule has 3 aliphatic rings. The van der Waals surface area contributed by atoms with E-state index < -0.39 is 6.23 Å². The van der Waals surface area contributed by atoms with Crippen molar-refractivity contribution in [3.8, 4) is 0 Å². The fourth-order valence-electron chi connectivity index (χ4n) is 4.15. The average Bonchev–Trinajstić information content (AvgIpc) is 2.98. The molecule has 1 aromatic carbocycles. The van der Waals surface area contributed by atoms with Crippen molar-refractivity contribution in [2.24, 2.45) is 0 Å². The van der Waals surface area contributed by atoms with Gasteiger partial charge in [0.1, 0.15) is 6.23 Å². The maximum atomic E-state index is 10.1. The largest absolute Gasteiger partial charge is 0.382 e. The Hall–Kier alpha value is -2.09. The van der Waals surface area contributed by atoms with Gasteiger partial charge in [-0.15, -0.1) is 0 Å². The summed E-state index contributed by atoms with van der Waals surface area (Å²) >= 11 is 0. The molecule has 26 heavy (non-hydrogen) atoms. The molecule has 0 aliphatic carbocycles. The van der Waals surface area contributed by atoms with Gasteiger partial charge in [-0.1, -0.05) is 12.1 Å². The van der Waals surface area contributed by atoms with Crippen LogP contribution in [0.15, 0.2) is 24.3 Å². The summed E-state index contributed by atoms with van der Waals surface area (Å²) < 4.78 is 7.61. The maximum absolute atomic E-state index is 10.1. The molecule has 0 bridgehead atoms. The molecule has 0 amide bonds. The maximum Gasteiger partial charge on any atom is 0.160 e. The molecular formula is C19H25N5O2. The smallest absolute Gasteiger partial charge is 0.160 e. The van der Waals surface area contributed by atoms with E-state index in [9.17, 15) is 5.11 Å². The number of hydrogen-bond acceptors (Lipinski definition) is 6. The SMILES string of the molecule is CC(O)N1CCc2c(c(N3CCNc4ccccc43)nn2C2COC2)C1. The van der Waals surface area contributed by atoms with Gasteiger partial charge in [-0.05, 0) is 19.1 Å². The first-order valence-corrected chi connectivity index (χ1v) is 9.43. The Bertz CT molecular complexity index is 814. The Balaban J connectivity index is 1.60. The van der Waals surface area contributed by atoms with Gasteiger partial charge in [0.25, 0.3) is 0 Å². The summed E-state index contributed by atoms with van der Waals surface area (Å²) in [6.45, 7) is 6.71. The second-order valence-corrected chi connectivity index (χ2v) is 7.33. The van der Waals surface area contributed by atoms with Gasteiger partial charge in [0.05, 0.1) is 30.6 Å². The predicted octanol–water partition coefficient (Wildman–Crippen LogP) is 1.71. The normalized spacial score (nSPS) is 21.5. The van der Waals surface area contributed by atoms with E-state index in [-0.39, 0.29) is 0 Å². The quantitative estimate of drug-likeness (QED) is 0.874. The number of aromatic nitrogens is 2. The van der Waals surface area contributed by atoms with Crippen molar-refractivity contribution in [1.29, 1.82) is 0 Å². The summed E-state index contributed by atoms with van der Waals surface area (Å²) in [6, 6.07) is 8.74. The van der Waals surface area contributed by atoms with Crippen LogP contribution in [-0.4, -0.2) is 58.9 Å². The highest BCUT2D eigenvalue weighted by atomic mass is 16.5. The summed E-state index contributed by atoms with van der Waals surface area (Å²) in [6.07, 6.45) is 0.471. The number of aliphatic hydroxyl groups is 1. The van der Waals surface area contributed by atoms with E-state index in [4.69, 9.17) is 9.84 Å². The zero-order valence-electron chi connectivity index (χ0n) is 15.1. The average molecular weight is 355 g/mol. The highest BCUT2D eigenvalue weighted by Crippen LogP contribution is 2.39. The minimum atomic E-state index is -0.443. The van der Waals surface area contributed by atoms with Crippen LogP contribution in [0.4, 0.5) is 17.2 Å². The topological polar surface area (TPSA) is 65.8 Å². The number of nitrogens with one attached hydrogen (secondary N) is 1. The summed E-state index contributed by atoms with van der Waals surface area (Å²) in [7, 11) is 0. The lowest BCUT2D eigenvalue weighted by atomic mass is 10.0. The minimum absolute atomic E-state index is 0.341. The molecule has 0 radical (unpaired) electrons. The summed E-state index contributed by atoms with van der Waals surface area (Å²) in [4.78, 5) is 4.44. The molecule has 5 rings (SSSR count). The standard InChI is InChI=1S/C19H25N5O2/c1-13(25)22-8-6-17-15(10-22)19(21-24(17)14-11-26-12-14)23-9-7-20-16-4-2-3-5-18(16)23/h2-5,13-14,20,25H,6-12H2,1H3. The number of rotatable bonds is 3. The molecule has 0 saturated carbocycles. The molecule has 7 nitrogen and oxygen atoms in total. The Morgan fingerprint density at radius 3 is 2.88 bits per heavy atom. The molecule has 1 unspecified atom stereocenters. The fourth-order valence-corrected chi connectivity index (χ4v) is 4.15. The van der Waals surface area contributed by atoms with Gasteiger partial charge in [-0.25, -0.2) is 0 Å². The first-order chi connectivity index (χ1) is 12.7. The minimum Gasteiger partial charge on any atom is -0.382 e. The number of anilines is 3. The van der Waals surface area contributed by atoms with Crippen molar-refractivity contribution in [2.45, 2.75) is 32.2 Å². The van der Waals surface area contributed by atoms with E-state index in [0.29, 0.717) is 6.04 Å². The van der Waals surface area contributed by atoms with Gasteiger partial charge in [0.2, 0.25) is 0 Å². The van der Waals surface area contributed by atoms with Crippen LogP contribution in [0.25, 0.3) is 0 Å². The predicted molar refractivity (Wildman–Crippen MR) is 99.8 cm³/mol. The third kappa shape index (κ3) is 2.50. The van der Waals surface area contributed by atoms with Crippen LogP contribution in [0.3, 0.4) is 0 Å². The van der Waals surface area contributed by atoms with Crippen LogP contribution in [-0.2, 0) is 17.7 Å². The van der Waals surface area contributed by atoms with Crippen LogP contribution in [0.5, 0.6) is 0 Å². The van der Waals surface area contributed by atoms with E-state index in [1.807, 2.05) is 6.92 Å². The number of ether oxygens (including phenoxy) is 1. The fraction of sp³-hybridized carbons (Fsp3) is 0.526.